The summed E-state index contributed by atoms with van der Waals surface area (Å²) in [6.07, 6.45) is 1.04. The van der Waals surface area contributed by atoms with Gasteiger partial charge in [0, 0.05) is 32.5 Å². The number of hydrogen-bond donors (Lipinski definition) is 1. The molecule has 2 aromatic carbocycles. The molecule has 2 fully saturated rings. The Morgan fingerprint density at radius 1 is 1.27 bits per heavy atom. The zero-order valence-electron chi connectivity index (χ0n) is 18.6. The number of halogens is 2. The van der Waals surface area contributed by atoms with Gasteiger partial charge in [0.25, 0.3) is 5.91 Å². The summed E-state index contributed by atoms with van der Waals surface area (Å²) in [7, 11) is 0. The summed E-state index contributed by atoms with van der Waals surface area (Å²) in [5.74, 6) is -0.988. The Balaban J connectivity index is 1.56. The highest BCUT2D eigenvalue weighted by Crippen LogP contribution is 2.36. The van der Waals surface area contributed by atoms with Gasteiger partial charge in [-0.3, -0.25) is 14.9 Å². The highest BCUT2D eigenvalue weighted by Gasteiger charge is 2.52. The van der Waals surface area contributed by atoms with E-state index in [0.29, 0.717) is 38.0 Å². The molecule has 172 valence electrons. The van der Waals surface area contributed by atoms with Crippen LogP contribution in [0, 0.1) is 23.1 Å². The Labute approximate surface area is 197 Å². The normalized spacial score (nSPS) is 19.9. The number of nitrogens with one attached hydrogen (secondary N) is 1. The average molecular weight is 469 g/mol. The fourth-order valence-corrected chi connectivity index (χ4v) is 4.92. The number of nitrogens with zero attached hydrogens (tertiary/aromatic N) is 3. The molecule has 0 aliphatic carbocycles. The van der Waals surface area contributed by atoms with Crippen LogP contribution in [-0.4, -0.2) is 46.4 Å². The highest BCUT2D eigenvalue weighted by molar-refractivity contribution is 6.31. The second kappa shape index (κ2) is 9.12. The number of rotatable bonds is 4. The molecule has 0 aromatic heterocycles. The Morgan fingerprint density at radius 3 is 2.64 bits per heavy atom. The molecule has 1 unspecified atom stereocenters. The van der Waals surface area contributed by atoms with Gasteiger partial charge in [-0.15, -0.1) is 0 Å². The third kappa shape index (κ3) is 4.33. The van der Waals surface area contributed by atoms with Gasteiger partial charge in [-0.05, 0) is 35.7 Å². The van der Waals surface area contributed by atoms with Crippen molar-refractivity contribution in [2.45, 2.75) is 44.9 Å². The molecular formula is C25H26ClFN4O2. The van der Waals surface area contributed by atoms with Crippen LogP contribution in [0.2, 0.25) is 5.02 Å². The van der Waals surface area contributed by atoms with Crippen LogP contribution in [0.5, 0.6) is 0 Å². The number of amides is 2. The standard InChI is InChI=1S/C25H26ClFN4O2/c1-16(2)22-24(33)31(15-18-6-3-5-17(13-18)14-28)25(29-22)9-11-30(12-10-25)23(32)19-7-4-8-20(26)21(19)27/h3-8,13,16,22,29H,9-12,15H2,1-2H3. The van der Waals surface area contributed by atoms with Gasteiger partial charge in [-0.1, -0.05) is 43.6 Å². The van der Waals surface area contributed by atoms with Crippen LogP contribution in [0.1, 0.15) is 48.2 Å². The van der Waals surface area contributed by atoms with Crippen LogP contribution in [0.3, 0.4) is 0 Å². The predicted molar refractivity (Wildman–Crippen MR) is 123 cm³/mol. The molecule has 4 rings (SSSR count). The summed E-state index contributed by atoms with van der Waals surface area (Å²) in [5.41, 5.74) is 0.787. The lowest BCUT2D eigenvalue weighted by Gasteiger charge is -2.45. The van der Waals surface area contributed by atoms with Crippen molar-refractivity contribution in [3.05, 3.63) is 70.0 Å². The molecule has 1 N–H and O–H groups in total. The van der Waals surface area contributed by atoms with Gasteiger partial charge in [-0.25, -0.2) is 4.39 Å². The van der Waals surface area contributed by atoms with Crippen LogP contribution >= 0.6 is 11.6 Å². The minimum atomic E-state index is -0.711. The molecule has 2 heterocycles. The summed E-state index contributed by atoms with van der Waals surface area (Å²) in [6.45, 7) is 5.14. The Kier molecular flexibility index (Phi) is 6.42. The molecule has 2 saturated heterocycles. The Morgan fingerprint density at radius 2 is 1.97 bits per heavy atom. The summed E-state index contributed by atoms with van der Waals surface area (Å²) in [4.78, 5) is 29.8. The van der Waals surface area contributed by atoms with Crippen LogP contribution in [-0.2, 0) is 11.3 Å². The van der Waals surface area contributed by atoms with Gasteiger partial charge >= 0.3 is 0 Å². The first-order valence-corrected chi connectivity index (χ1v) is 11.4. The van der Waals surface area contributed by atoms with E-state index in [1.54, 1.807) is 23.1 Å². The molecule has 0 radical (unpaired) electrons. The number of carbonyl (C=O) groups is 2. The van der Waals surface area contributed by atoms with E-state index >= 15 is 0 Å². The lowest BCUT2D eigenvalue weighted by Crippen LogP contribution is -2.59. The van der Waals surface area contributed by atoms with E-state index in [9.17, 15) is 19.2 Å². The number of hydrogen-bond acceptors (Lipinski definition) is 4. The Bertz CT molecular complexity index is 1120. The van der Waals surface area contributed by atoms with Crippen molar-refractivity contribution in [3.8, 4) is 6.07 Å². The fraction of sp³-hybridized carbons (Fsp3) is 0.400. The lowest BCUT2D eigenvalue weighted by molar-refractivity contribution is -0.134. The zero-order chi connectivity index (χ0) is 23.8. The van der Waals surface area contributed by atoms with Gasteiger partial charge in [-0.2, -0.15) is 5.26 Å². The van der Waals surface area contributed by atoms with E-state index < -0.39 is 17.4 Å². The number of carbonyl (C=O) groups excluding carboxylic acids is 2. The molecule has 0 bridgehead atoms. The molecule has 2 aromatic rings. The number of nitriles is 1. The van der Waals surface area contributed by atoms with Gasteiger partial charge in [0.05, 0.1) is 33.9 Å². The molecule has 33 heavy (non-hydrogen) atoms. The van der Waals surface area contributed by atoms with Crippen molar-refractivity contribution in [1.82, 2.24) is 15.1 Å². The topological polar surface area (TPSA) is 76.4 Å². The van der Waals surface area contributed by atoms with Crippen LogP contribution in [0.25, 0.3) is 0 Å². The monoisotopic (exact) mass is 468 g/mol. The largest absolute Gasteiger partial charge is 0.338 e. The number of benzene rings is 2. The third-order valence-corrected chi connectivity index (χ3v) is 6.89. The van der Waals surface area contributed by atoms with Crippen molar-refractivity contribution in [2.24, 2.45) is 5.92 Å². The third-order valence-electron chi connectivity index (χ3n) is 6.60. The van der Waals surface area contributed by atoms with Crippen molar-refractivity contribution >= 4 is 23.4 Å². The van der Waals surface area contributed by atoms with E-state index in [0.717, 1.165) is 5.56 Å². The lowest BCUT2D eigenvalue weighted by atomic mass is 9.94. The average Bonchev–Trinajstić information content (AvgIpc) is 3.07. The molecule has 2 aliphatic rings. The molecule has 1 atom stereocenters. The maximum atomic E-state index is 14.4. The summed E-state index contributed by atoms with van der Waals surface area (Å²) >= 11 is 5.85. The SMILES string of the molecule is CC(C)C1NC2(CCN(C(=O)c3cccc(Cl)c3F)CC2)N(Cc2cccc(C#N)c2)C1=O. The molecular weight excluding hydrogens is 443 g/mol. The number of likely N-dealkylation sites (tertiary alicyclic amines) is 1. The van der Waals surface area contributed by atoms with Crippen molar-refractivity contribution < 1.29 is 14.0 Å². The fourth-order valence-electron chi connectivity index (χ4n) is 4.74. The minimum Gasteiger partial charge on any atom is -0.338 e. The van der Waals surface area contributed by atoms with E-state index in [1.165, 1.54) is 12.1 Å². The molecule has 8 heteroatoms. The molecule has 2 aliphatic heterocycles. The van der Waals surface area contributed by atoms with E-state index in [-0.39, 0.29) is 28.5 Å². The predicted octanol–water partition coefficient (Wildman–Crippen LogP) is 3.94. The number of piperidine rings is 1. The summed E-state index contributed by atoms with van der Waals surface area (Å²) < 4.78 is 14.4. The first kappa shape index (κ1) is 23.2. The second-order valence-corrected chi connectivity index (χ2v) is 9.43. The molecule has 6 nitrogen and oxygen atoms in total. The van der Waals surface area contributed by atoms with E-state index in [4.69, 9.17) is 11.6 Å². The molecule has 1 spiro atoms. The van der Waals surface area contributed by atoms with Crippen LogP contribution in [0.15, 0.2) is 42.5 Å². The van der Waals surface area contributed by atoms with Gasteiger partial charge < -0.3 is 9.80 Å². The Hall–Kier alpha value is -2.95. The van der Waals surface area contributed by atoms with Crippen molar-refractivity contribution in [2.75, 3.05) is 13.1 Å². The van der Waals surface area contributed by atoms with Gasteiger partial charge in [0.1, 0.15) is 0 Å². The van der Waals surface area contributed by atoms with Crippen molar-refractivity contribution in [3.63, 3.8) is 0 Å². The quantitative estimate of drug-likeness (QED) is 0.737. The van der Waals surface area contributed by atoms with Crippen LogP contribution in [0.4, 0.5) is 4.39 Å². The first-order chi connectivity index (χ1) is 15.8. The maximum absolute atomic E-state index is 14.4. The minimum absolute atomic E-state index is 0.0213. The summed E-state index contributed by atoms with van der Waals surface area (Å²) in [5, 5.41) is 12.7. The molecule has 0 saturated carbocycles. The van der Waals surface area contributed by atoms with Crippen molar-refractivity contribution in [1.29, 1.82) is 5.26 Å². The second-order valence-electron chi connectivity index (χ2n) is 9.03. The van der Waals surface area contributed by atoms with E-state index in [1.807, 2.05) is 30.9 Å². The van der Waals surface area contributed by atoms with Gasteiger partial charge in [0.15, 0.2) is 5.82 Å². The van der Waals surface area contributed by atoms with Gasteiger partial charge in [0.2, 0.25) is 5.91 Å². The van der Waals surface area contributed by atoms with E-state index in [2.05, 4.69) is 11.4 Å². The van der Waals surface area contributed by atoms with Crippen LogP contribution < -0.4 is 5.32 Å². The zero-order valence-corrected chi connectivity index (χ0v) is 19.4. The smallest absolute Gasteiger partial charge is 0.256 e. The molecule has 2 amide bonds. The highest BCUT2D eigenvalue weighted by atomic mass is 35.5. The summed E-state index contributed by atoms with van der Waals surface area (Å²) in [6, 6.07) is 13.5. The maximum Gasteiger partial charge on any atom is 0.256 e. The first-order valence-electron chi connectivity index (χ1n) is 11.1.